The van der Waals surface area contributed by atoms with E-state index in [1.165, 1.54) is 13.8 Å². The summed E-state index contributed by atoms with van der Waals surface area (Å²) in [6.45, 7) is 0.128. The molecule has 1 aliphatic rings. The van der Waals surface area contributed by atoms with E-state index in [2.05, 4.69) is 34.4 Å². The van der Waals surface area contributed by atoms with E-state index in [1.807, 2.05) is 0 Å². The molecule has 25 nitrogen and oxygen atoms in total. The van der Waals surface area contributed by atoms with Crippen LogP contribution in [0.25, 0.3) is 11.2 Å². The Bertz CT molecular complexity index is 2040. The average molecular weight is 890 g/mol. The number of nitrogens with zero attached hydrogens (tertiary/aromatic N) is 4. The second-order valence-corrected chi connectivity index (χ2v) is 18.8. The number of carbonyl (C=O) groups excluding carboxylic acids is 3. The zero-order valence-electron chi connectivity index (χ0n) is 29.9. The van der Waals surface area contributed by atoms with Crippen LogP contribution in [0.5, 0.6) is 0 Å². The molecule has 0 aliphatic carbocycles. The highest BCUT2D eigenvalue weighted by Gasteiger charge is 2.50. The third-order valence-electron chi connectivity index (χ3n) is 7.98. The van der Waals surface area contributed by atoms with Crippen molar-refractivity contribution in [2.24, 2.45) is 5.41 Å². The van der Waals surface area contributed by atoms with E-state index < -0.39 is 101 Å². The van der Waals surface area contributed by atoms with E-state index in [1.54, 1.807) is 30.3 Å². The van der Waals surface area contributed by atoms with Gasteiger partial charge in [0.05, 0.1) is 19.5 Å². The first-order valence-electron chi connectivity index (χ1n) is 16.4. The van der Waals surface area contributed by atoms with Gasteiger partial charge in [-0.15, -0.1) is 0 Å². The summed E-state index contributed by atoms with van der Waals surface area (Å²) in [5, 5.41) is 25.8. The van der Waals surface area contributed by atoms with Crippen LogP contribution in [-0.4, -0.2) is 127 Å². The number of hydrogen-bond donors (Lipinski definition) is 11. The fraction of sp³-hybridized carbons (Fsp3) is 0.500. The SMILES string of the molecule is CC(C)(COP(=O)(O)OP(=O)(O)OC[C@H]1O[C@@H](n2cnc3c(N)ncnc32)[C@H](O)[C@@H]1OP(=O)(O)O)C(O)C(=O)NCCC(=O)NCC[SH](O)C(=O)c1ccccc1. The molecule has 0 bridgehead atoms. The third-order valence-corrected chi connectivity index (χ3v) is 12.5. The van der Waals surface area contributed by atoms with Gasteiger partial charge < -0.3 is 55.4 Å². The Balaban J connectivity index is 1.24. The average Bonchev–Trinajstić information content (AvgIpc) is 3.69. The van der Waals surface area contributed by atoms with Gasteiger partial charge in [0.1, 0.15) is 36.3 Å². The van der Waals surface area contributed by atoms with Gasteiger partial charge in [-0.3, -0.25) is 32.5 Å². The molecular weight excluding hydrogens is 847 g/mol. The van der Waals surface area contributed by atoms with Gasteiger partial charge in [0.2, 0.25) is 16.9 Å². The van der Waals surface area contributed by atoms with Gasteiger partial charge in [-0.25, -0.2) is 28.6 Å². The molecule has 2 amide bonds. The van der Waals surface area contributed by atoms with Crippen LogP contribution in [0.1, 0.15) is 36.9 Å². The number of amides is 2. The molecule has 1 saturated heterocycles. The Kier molecular flexibility index (Phi) is 15.6. The summed E-state index contributed by atoms with van der Waals surface area (Å²) in [6, 6.07) is 8.13. The van der Waals surface area contributed by atoms with Crippen molar-refractivity contribution in [1.29, 1.82) is 0 Å². The first-order valence-corrected chi connectivity index (χ1v) is 22.4. The van der Waals surface area contributed by atoms with Gasteiger partial charge in [-0.1, -0.05) is 55.4 Å². The van der Waals surface area contributed by atoms with E-state index in [-0.39, 0.29) is 42.2 Å². The number of aliphatic hydroxyl groups is 2. The number of hydrogen-bond acceptors (Lipinski definition) is 18. The number of fused-ring (bicyclic) bond motifs is 1. The van der Waals surface area contributed by atoms with Crippen LogP contribution in [0.15, 0.2) is 43.0 Å². The fourth-order valence-corrected chi connectivity index (χ4v) is 8.88. The van der Waals surface area contributed by atoms with Crippen LogP contribution in [0.2, 0.25) is 0 Å². The van der Waals surface area contributed by atoms with Crippen molar-refractivity contribution >= 4 is 68.6 Å². The maximum atomic E-state index is 12.7. The maximum absolute atomic E-state index is 12.7. The standard InChI is InChI=1S/C28H42N7O18P3S/c1-28(2,22(38)25(39)31-9-8-18(36)30-10-11-57(48)27(40)16-6-4-3-5-7-16)13-50-56(46,47)53-55(44,45)49-12-17-21(52-54(41,42)43)20(37)26(51-17)35-15-34-19-23(29)32-14-33-24(19)35/h3-7,14-15,17,20-22,26,37-38,48,57H,8-13H2,1-2H3,(H,30,36)(H,31,39)(H,44,45)(H,46,47)(H2,29,32,33)(H2,41,42,43)/t17-,20-,21-,22?,26-/m1/s1. The molecule has 1 fully saturated rings. The second-order valence-electron chi connectivity index (χ2n) is 12.9. The van der Waals surface area contributed by atoms with Gasteiger partial charge in [0, 0.05) is 36.2 Å². The summed E-state index contributed by atoms with van der Waals surface area (Å²) in [5.41, 5.74) is 4.55. The predicted molar refractivity (Wildman–Crippen MR) is 197 cm³/mol. The summed E-state index contributed by atoms with van der Waals surface area (Å²) in [5.74, 6) is -1.61. The number of nitrogens with one attached hydrogen (secondary N) is 2. The lowest BCUT2D eigenvalue weighted by molar-refractivity contribution is -0.137. The number of carbonyl (C=O) groups is 3. The normalized spacial score (nSPS) is 22.3. The topological polar surface area (TPSA) is 384 Å². The molecule has 2 aromatic heterocycles. The first kappa shape index (κ1) is 46.4. The number of aliphatic hydroxyl groups excluding tert-OH is 2. The first-order chi connectivity index (χ1) is 26.5. The zero-order valence-corrected chi connectivity index (χ0v) is 33.5. The Hall–Kier alpha value is -3.26. The van der Waals surface area contributed by atoms with E-state index >= 15 is 0 Å². The molecule has 11 N–H and O–H groups in total. The van der Waals surface area contributed by atoms with E-state index in [0.29, 0.717) is 5.56 Å². The number of nitrogens with two attached hydrogens (primary N) is 1. The number of phosphoric acid groups is 3. The van der Waals surface area contributed by atoms with Crippen LogP contribution in [-0.2, 0) is 45.9 Å². The molecule has 3 aromatic rings. The van der Waals surface area contributed by atoms with Crippen molar-refractivity contribution < 1.29 is 85.0 Å². The third kappa shape index (κ3) is 13.1. The number of aromatic nitrogens is 4. The van der Waals surface area contributed by atoms with Crippen LogP contribution in [0.4, 0.5) is 5.82 Å². The van der Waals surface area contributed by atoms with Gasteiger partial charge in [0.15, 0.2) is 17.7 Å². The molecule has 29 heteroatoms. The minimum Gasteiger partial charge on any atom is -0.386 e. The van der Waals surface area contributed by atoms with Gasteiger partial charge >= 0.3 is 23.5 Å². The van der Waals surface area contributed by atoms with Crippen molar-refractivity contribution in [2.75, 3.05) is 37.8 Å². The number of benzene rings is 1. The summed E-state index contributed by atoms with van der Waals surface area (Å²) in [4.78, 5) is 87.9. The molecule has 3 heterocycles. The predicted octanol–water partition coefficient (Wildman–Crippen LogP) is -0.280. The van der Waals surface area contributed by atoms with Crippen LogP contribution >= 0.6 is 34.6 Å². The highest BCUT2D eigenvalue weighted by molar-refractivity contribution is 8.25. The molecule has 4 rings (SSSR count). The van der Waals surface area contributed by atoms with Crippen molar-refractivity contribution in [2.45, 2.75) is 50.9 Å². The number of thiol groups is 1. The highest BCUT2D eigenvalue weighted by Crippen LogP contribution is 2.61. The Labute approximate surface area is 325 Å². The Morgan fingerprint density at radius 1 is 1.02 bits per heavy atom. The summed E-state index contributed by atoms with van der Waals surface area (Å²) in [6.07, 6.45) is -7.08. The Morgan fingerprint density at radius 2 is 1.68 bits per heavy atom. The maximum Gasteiger partial charge on any atom is 0.481 e. The molecule has 318 valence electrons. The molecule has 57 heavy (non-hydrogen) atoms. The number of rotatable bonds is 20. The van der Waals surface area contributed by atoms with E-state index in [9.17, 15) is 62.4 Å². The molecule has 1 aliphatic heterocycles. The lowest BCUT2D eigenvalue weighted by Gasteiger charge is -2.30. The number of imidazole rings is 1. The van der Waals surface area contributed by atoms with Crippen LogP contribution in [0, 0.1) is 5.41 Å². The number of ether oxygens (including phenoxy) is 1. The lowest BCUT2D eigenvalue weighted by atomic mass is 9.87. The monoisotopic (exact) mass is 889 g/mol. The minimum atomic E-state index is -5.59. The van der Waals surface area contributed by atoms with Crippen LogP contribution < -0.4 is 16.4 Å². The summed E-state index contributed by atoms with van der Waals surface area (Å²) >= 11 is -2.04. The van der Waals surface area contributed by atoms with E-state index in [0.717, 1.165) is 17.2 Å². The van der Waals surface area contributed by atoms with Gasteiger partial charge in [-0.2, -0.15) is 4.31 Å². The molecular formula is C28H42N7O18P3S. The highest BCUT2D eigenvalue weighted by atomic mass is 32.2. The number of phosphoric ester groups is 3. The number of anilines is 1. The summed E-state index contributed by atoms with van der Waals surface area (Å²) < 4.78 is 72.2. The lowest BCUT2D eigenvalue weighted by Crippen LogP contribution is -2.46. The van der Waals surface area contributed by atoms with Crippen LogP contribution in [0.3, 0.4) is 0 Å². The largest absolute Gasteiger partial charge is 0.481 e. The number of nitrogen functional groups attached to an aromatic ring is 1. The second kappa shape index (κ2) is 19.2. The van der Waals surface area contributed by atoms with Crippen molar-refractivity contribution in [3.05, 3.63) is 48.5 Å². The molecule has 0 saturated carbocycles. The minimum absolute atomic E-state index is 0.00350. The molecule has 0 spiro atoms. The van der Waals surface area contributed by atoms with Crippen molar-refractivity contribution in [1.82, 2.24) is 30.2 Å². The van der Waals surface area contributed by atoms with Gasteiger partial charge in [0.25, 0.3) is 0 Å². The quantitative estimate of drug-likeness (QED) is 0.0513. The molecule has 8 atom stereocenters. The summed E-state index contributed by atoms with van der Waals surface area (Å²) in [7, 11) is -16.4. The molecule has 1 aromatic carbocycles. The molecule has 0 radical (unpaired) electrons. The van der Waals surface area contributed by atoms with Gasteiger partial charge in [-0.05, 0) is 0 Å². The zero-order chi connectivity index (χ0) is 42.3. The Morgan fingerprint density at radius 3 is 2.35 bits per heavy atom. The van der Waals surface area contributed by atoms with E-state index in [4.69, 9.17) is 19.5 Å². The molecule has 4 unspecified atom stereocenters. The van der Waals surface area contributed by atoms with Crippen molar-refractivity contribution in [3.8, 4) is 0 Å². The van der Waals surface area contributed by atoms with Crippen molar-refractivity contribution in [3.63, 3.8) is 0 Å². The fourth-order valence-electron chi connectivity index (χ4n) is 5.07. The smallest absolute Gasteiger partial charge is 0.386 e.